The largest absolute Gasteiger partial charge is 0.444 e. The van der Waals surface area contributed by atoms with Gasteiger partial charge < -0.3 is 25.4 Å². The Morgan fingerprint density at radius 1 is 1.22 bits per heavy atom. The Labute approximate surface area is 181 Å². The van der Waals surface area contributed by atoms with E-state index < -0.39 is 17.2 Å². The fourth-order valence-electron chi connectivity index (χ4n) is 2.96. The fraction of sp³-hybridized carbons (Fsp3) is 0.895. The van der Waals surface area contributed by atoms with Gasteiger partial charge in [0.15, 0.2) is 5.96 Å². The first-order valence-corrected chi connectivity index (χ1v) is 9.67. The van der Waals surface area contributed by atoms with Gasteiger partial charge in [-0.2, -0.15) is 0 Å². The van der Waals surface area contributed by atoms with Crippen molar-refractivity contribution < 1.29 is 14.3 Å². The van der Waals surface area contributed by atoms with Crippen LogP contribution in [0.2, 0.25) is 0 Å². The highest BCUT2D eigenvalue weighted by Crippen LogP contribution is 2.23. The van der Waals surface area contributed by atoms with E-state index in [4.69, 9.17) is 9.47 Å². The molecular formula is C19H39IN4O3. The number of amides is 1. The third kappa shape index (κ3) is 9.32. The molecule has 3 N–H and O–H groups in total. The third-order valence-corrected chi connectivity index (χ3v) is 4.87. The minimum Gasteiger partial charge on any atom is -0.444 e. The quantitative estimate of drug-likeness (QED) is 0.285. The van der Waals surface area contributed by atoms with Gasteiger partial charge in [0.25, 0.3) is 0 Å². The van der Waals surface area contributed by atoms with Crippen molar-refractivity contribution in [2.45, 2.75) is 84.0 Å². The van der Waals surface area contributed by atoms with Crippen molar-refractivity contribution in [1.82, 2.24) is 16.0 Å². The van der Waals surface area contributed by atoms with E-state index in [0.29, 0.717) is 19.0 Å². The molecule has 0 aromatic heterocycles. The molecule has 1 fully saturated rings. The Kier molecular flexibility index (Phi) is 11.0. The molecule has 1 heterocycles. The number of ether oxygens (including phenoxy) is 2. The average molecular weight is 498 g/mol. The monoisotopic (exact) mass is 498 g/mol. The maximum Gasteiger partial charge on any atom is 0.408 e. The first-order valence-electron chi connectivity index (χ1n) is 9.67. The lowest BCUT2D eigenvalue weighted by atomic mass is 9.93. The molecule has 8 heteroatoms. The number of carbonyl (C=O) groups excluding carboxylic acids is 1. The minimum atomic E-state index is -0.515. The molecule has 0 bridgehead atoms. The van der Waals surface area contributed by atoms with Crippen LogP contribution in [0.25, 0.3) is 0 Å². The third-order valence-electron chi connectivity index (χ3n) is 4.87. The topological polar surface area (TPSA) is 84.0 Å². The Balaban J connectivity index is 0.00000676. The lowest BCUT2D eigenvalue weighted by molar-refractivity contribution is 0.0242. The number of hydrogen-bond donors (Lipinski definition) is 3. The Morgan fingerprint density at radius 2 is 1.85 bits per heavy atom. The van der Waals surface area contributed by atoms with Gasteiger partial charge in [-0.25, -0.2) is 4.79 Å². The van der Waals surface area contributed by atoms with Crippen LogP contribution in [0, 0.1) is 0 Å². The van der Waals surface area contributed by atoms with Crippen LogP contribution < -0.4 is 16.0 Å². The molecule has 1 aliphatic heterocycles. The van der Waals surface area contributed by atoms with E-state index in [-0.39, 0.29) is 29.6 Å². The summed E-state index contributed by atoms with van der Waals surface area (Å²) in [6.45, 7) is 13.9. The van der Waals surface area contributed by atoms with Gasteiger partial charge in [0.05, 0.1) is 11.1 Å². The summed E-state index contributed by atoms with van der Waals surface area (Å²) in [4.78, 5) is 16.5. The number of alkyl carbamates (subject to hydrolysis) is 1. The zero-order valence-electron chi connectivity index (χ0n) is 18.0. The molecule has 0 spiro atoms. The van der Waals surface area contributed by atoms with Gasteiger partial charge in [0, 0.05) is 26.7 Å². The van der Waals surface area contributed by atoms with Gasteiger partial charge in [0.1, 0.15) is 5.60 Å². The predicted octanol–water partition coefficient (Wildman–Crippen LogP) is 3.42. The first-order chi connectivity index (χ1) is 12.1. The molecule has 1 rings (SSSR count). The number of halogens is 1. The molecule has 1 unspecified atom stereocenters. The van der Waals surface area contributed by atoms with Crippen molar-refractivity contribution >= 4 is 36.0 Å². The van der Waals surface area contributed by atoms with Crippen molar-refractivity contribution in [3.8, 4) is 0 Å². The molecule has 0 aliphatic carbocycles. The smallest absolute Gasteiger partial charge is 0.408 e. The van der Waals surface area contributed by atoms with Crippen LogP contribution in [0.4, 0.5) is 4.79 Å². The second-order valence-electron chi connectivity index (χ2n) is 8.30. The summed E-state index contributed by atoms with van der Waals surface area (Å²) >= 11 is 0. The van der Waals surface area contributed by atoms with Gasteiger partial charge in [0.2, 0.25) is 0 Å². The Morgan fingerprint density at radius 3 is 2.30 bits per heavy atom. The van der Waals surface area contributed by atoms with E-state index >= 15 is 0 Å². The highest BCUT2D eigenvalue weighted by atomic mass is 127. The highest BCUT2D eigenvalue weighted by Gasteiger charge is 2.32. The van der Waals surface area contributed by atoms with Gasteiger partial charge in [-0.15, -0.1) is 24.0 Å². The maximum atomic E-state index is 12.2. The van der Waals surface area contributed by atoms with E-state index in [1.807, 2.05) is 20.8 Å². The van der Waals surface area contributed by atoms with Crippen LogP contribution in [0.5, 0.6) is 0 Å². The van der Waals surface area contributed by atoms with Crippen molar-refractivity contribution in [3.05, 3.63) is 0 Å². The summed E-state index contributed by atoms with van der Waals surface area (Å²) < 4.78 is 11.2. The van der Waals surface area contributed by atoms with E-state index in [1.165, 1.54) is 0 Å². The molecule has 160 valence electrons. The average Bonchev–Trinajstić information content (AvgIpc) is 2.99. The number of guanidine groups is 1. The van der Waals surface area contributed by atoms with Crippen LogP contribution in [0.1, 0.15) is 67.2 Å². The zero-order valence-corrected chi connectivity index (χ0v) is 20.4. The molecule has 0 aromatic rings. The van der Waals surface area contributed by atoms with Crippen LogP contribution >= 0.6 is 24.0 Å². The summed E-state index contributed by atoms with van der Waals surface area (Å²) in [5.41, 5.74) is -1.05. The summed E-state index contributed by atoms with van der Waals surface area (Å²) in [7, 11) is 1.74. The van der Waals surface area contributed by atoms with E-state index in [0.717, 1.165) is 32.3 Å². The van der Waals surface area contributed by atoms with E-state index in [1.54, 1.807) is 7.05 Å². The van der Waals surface area contributed by atoms with E-state index in [9.17, 15) is 4.79 Å². The number of nitrogens with zero attached hydrogens (tertiary/aromatic N) is 1. The van der Waals surface area contributed by atoms with Crippen molar-refractivity contribution in [3.63, 3.8) is 0 Å². The minimum absolute atomic E-state index is 0. The summed E-state index contributed by atoms with van der Waals surface area (Å²) in [5.74, 6) is 0.707. The van der Waals surface area contributed by atoms with Crippen LogP contribution in [0.15, 0.2) is 4.99 Å². The molecule has 1 atom stereocenters. The second kappa shape index (κ2) is 11.3. The summed E-state index contributed by atoms with van der Waals surface area (Å²) in [6.07, 6.45) is 3.32. The van der Waals surface area contributed by atoms with Crippen molar-refractivity contribution in [1.29, 1.82) is 0 Å². The van der Waals surface area contributed by atoms with Gasteiger partial charge in [-0.1, -0.05) is 13.8 Å². The molecule has 0 aromatic carbocycles. The van der Waals surface area contributed by atoms with Gasteiger partial charge in [-0.3, -0.25) is 4.99 Å². The molecule has 0 radical (unpaired) electrons. The second-order valence-corrected chi connectivity index (χ2v) is 8.30. The highest BCUT2D eigenvalue weighted by molar-refractivity contribution is 14.0. The Bertz CT molecular complexity index is 482. The van der Waals surface area contributed by atoms with Gasteiger partial charge in [-0.05, 0) is 53.4 Å². The summed E-state index contributed by atoms with van der Waals surface area (Å²) in [6, 6.07) is 0. The molecule has 27 heavy (non-hydrogen) atoms. The summed E-state index contributed by atoms with van der Waals surface area (Å²) in [5, 5.41) is 9.71. The SMILES string of the molecule is CCC(CC)(CNC(=NC)NCC1(C)CCCO1)NC(=O)OC(C)(C)C.I. The molecule has 1 saturated heterocycles. The predicted molar refractivity (Wildman–Crippen MR) is 121 cm³/mol. The lowest BCUT2D eigenvalue weighted by Gasteiger charge is -2.34. The normalized spacial score (nSPS) is 20.6. The number of rotatable bonds is 7. The molecular weight excluding hydrogens is 459 g/mol. The number of aliphatic imine (C=N–C) groups is 1. The number of hydrogen-bond acceptors (Lipinski definition) is 4. The van der Waals surface area contributed by atoms with E-state index in [2.05, 4.69) is 41.7 Å². The molecule has 7 nitrogen and oxygen atoms in total. The first kappa shape index (κ1) is 26.2. The van der Waals surface area contributed by atoms with Gasteiger partial charge >= 0.3 is 6.09 Å². The van der Waals surface area contributed by atoms with Crippen LogP contribution in [-0.2, 0) is 9.47 Å². The maximum absolute atomic E-state index is 12.2. The molecule has 1 amide bonds. The molecule has 1 aliphatic rings. The standard InChI is InChI=1S/C19H38N4O3.HI/c1-8-19(9-2,23-16(24)26-17(3,4)5)14-22-15(20-7)21-13-18(6)11-10-12-25-18;/h8-14H2,1-7H3,(H,23,24)(H2,20,21,22);1H. The zero-order chi connectivity index (χ0) is 19.8. The van der Waals surface area contributed by atoms with Crippen LogP contribution in [0.3, 0.4) is 0 Å². The number of carbonyl (C=O) groups is 1. The van der Waals surface area contributed by atoms with Crippen molar-refractivity contribution in [2.75, 3.05) is 26.7 Å². The van der Waals surface area contributed by atoms with Crippen molar-refractivity contribution in [2.24, 2.45) is 4.99 Å². The molecule has 0 saturated carbocycles. The van der Waals surface area contributed by atoms with Crippen LogP contribution in [-0.4, -0.2) is 55.5 Å². The number of nitrogens with one attached hydrogen (secondary N) is 3. The fourth-order valence-corrected chi connectivity index (χ4v) is 2.96. The Hall–Kier alpha value is -0.770. The lowest BCUT2D eigenvalue weighted by Crippen LogP contribution is -2.57.